The van der Waals surface area contributed by atoms with Gasteiger partial charge in [-0.2, -0.15) is 0 Å². The molecule has 0 aliphatic rings. The van der Waals surface area contributed by atoms with Gasteiger partial charge in [0.15, 0.2) is 0 Å². The molecular weight excluding hydrogens is 136 g/mol. The Morgan fingerprint density at radius 3 is 2.09 bits per heavy atom. The molecule has 0 aliphatic carbocycles. The Hall–Kier alpha value is -0.560. The van der Waals surface area contributed by atoms with E-state index in [4.69, 9.17) is 0 Å². The molecule has 0 saturated carbocycles. The third kappa shape index (κ3) is 4.79. The van der Waals surface area contributed by atoms with Crippen LogP contribution in [-0.4, -0.2) is 11.2 Å². The molecule has 0 aromatic rings. The maximum atomic E-state index is 9.35. The first kappa shape index (κ1) is 10.4. The summed E-state index contributed by atoms with van der Waals surface area (Å²) in [7, 11) is 0. The Morgan fingerprint density at radius 1 is 1.18 bits per heavy atom. The molecular formula is C10H18O. The lowest BCUT2D eigenvalue weighted by Crippen LogP contribution is -2.10. The maximum Gasteiger partial charge on any atom is 0.0743 e. The monoisotopic (exact) mass is 154 g/mol. The lowest BCUT2D eigenvalue weighted by atomic mass is 10.0. The van der Waals surface area contributed by atoms with Crippen molar-refractivity contribution in [2.45, 2.75) is 26.9 Å². The molecule has 0 fully saturated rings. The van der Waals surface area contributed by atoms with Crippen LogP contribution in [0.3, 0.4) is 0 Å². The fraction of sp³-hybridized carbons (Fsp3) is 0.600. The van der Waals surface area contributed by atoms with Gasteiger partial charge in [-0.15, -0.1) is 6.58 Å². The van der Waals surface area contributed by atoms with E-state index in [2.05, 4.69) is 6.58 Å². The minimum Gasteiger partial charge on any atom is -0.389 e. The lowest BCUT2D eigenvalue weighted by Gasteiger charge is -2.09. The molecule has 0 spiro atoms. The van der Waals surface area contributed by atoms with Crippen molar-refractivity contribution >= 4 is 0 Å². The van der Waals surface area contributed by atoms with Gasteiger partial charge in [-0.1, -0.05) is 39.0 Å². The summed E-state index contributed by atoms with van der Waals surface area (Å²) < 4.78 is 0. The van der Waals surface area contributed by atoms with Gasteiger partial charge in [-0.05, 0) is 11.8 Å². The van der Waals surface area contributed by atoms with Crippen molar-refractivity contribution in [3.8, 4) is 0 Å². The van der Waals surface area contributed by atoms with Gasteiger partial charge in [0.2, 0.25) is 0 Å². The smallest absolute Gasteiger partial charge is 0.0743 e. The number of allylic oxidation sites excluding steroid dienone is 2. The van der Waals surface area contributed by atoms with Crippen LogP contribution in [0.15, 0.2) is 24.8 Å². The van der Waals surface area contributed by atoms with Gasteiger partial charge < -0.3 is 5.11 Å². The van der Waals surface area contributed by atoms with E-state index in [1.165, 1.54) is 0 Å². The number of aliphatic hydroxyl groups is 1. The normalized spacial score (nSPS) is 17.2. The van der Waals surface area contributed by atoms with Crippen molar-refractivity contribution < 1.29 is 5.11 Å². The second-order valence-corrected chi connectivity index (χ2v) is 3.21. The Morgan fingerprint density at radius 2 is 1.73 bits per heavy atom. The molecule has 0 amide bonds. The SMILES string of the molecule is C=CC(C)C=CC(O)C(C)C. The van der Waals surface area contributed by atoms with Crippen LogP contribution in [0.5, 0.6) is 0 Å². The highest BCUT2D eigenvalue weighted by Gasteiger charge is 2.03. The molecule has 64 valence electrons. The topological polar surface area (TPSA) is 20.2 Å². The number of hydrogen-bond donors (Lipinski definition) is 1. The second kappa shape index (κ2) is 5.14. The summed E-state index contributed by atoms with van der Waals surface area (Å²) in [4.78, 5) is 0. The van der Waals surface area contributed by atoms with Crippen LogP contribution < -0.4 is 0 Å². The molecule has 2 unspecified atom stereocenters. The summed E-state index contributed by atoms with van der Waals surface area (Å²) in [5.41, 5.74) is 0. The first-order valence-corrected chi connectivity index (χ1v) is 4.07. The highest BCUT2D eigenvalue weighted by molar-refractivity contribution is 4.98. The third-order valence-corrected chi connectivity index (χ3v) is 1.67. The zero-order valence-electron chi connectivity index (χ0n) is 7.62. The zero-order chi connectivity index (χ0) is 8.85. The average Bonchev–Trinajstić information content (AvgIpc) is 1.99. The fourth-order valence-corrected chi connectivity index (χ4v) is 0.590. The number of aliphatic hydroxyl groups excluding tert-OH is 1. The molecule has 11 heavy (non-hydrogen) atoms. The molecule has 0 aromatic heterocycles. The van der Waals surface area contributed by atoms with E-state index >= 15 is 0 Å². The van der Waals surface area contributed by atoms with Gasteiger partial charge in [0.05, 0.1) is 6.10 Å². The van der Waals surface area contributed by atoms with Gasteiger partial charge in [0, 0.05) is 0 Å². The Kier molecular flexibility index (Phi) is 4.88. The van der Waals surface area contributed by atoms with Crippen molar-refractivity contribution in [2.24, 2.45) is 11.8 Å². The molecule has 0 radical (unpaired) electrons. The predicted molar refractivity (Wildman–Crippen MR) is 49.3 cm³/mol. The van der Waals surface area contributed by atoms with Crippen molar-refractivity contribution in [3.05, 3.63) is 24.8 Å². The minimum absolute atomic E-state index is 0.295. The summed E-state index contributed by atoms with van der Waals surface area (Å²) in [5.74, 6) is 0.645. The highest BCUT2D eigenvalue weighted by Crippen LogP contribution is 2.05. The maximum absolute atomic E-state index is 9.35. The van der Waals surface area contributed by atoms with Crippen LogP contribution in [0.1, 0.15) is 20.8 Å². The standard InChI is InChI=1S/C10H18O/c1-5-9(4)6-7-10(11)8(2)3/h5-11H,1H2,2-4H3. The summed E-state index contributed by atoms with van der Waals surface area (Å²) in [6.45, 7) is 9.68. The van der Waals surface area contributed by atoms with Gasteiger partial charge in [-0.3, -0.25) is 0 Å². The van der Waals surface area contributed by atoms with Crippen molar-refractivity contribution in [1.29, 1.82) is 0 Å². The largest absolute Gasteiger partial charge is 0.389 e. The van der Waals surface area contributed by atoms with Crippen LogP contribution in [0.25, 0.3) is 0 Å². The molecule has 2 atom stereocenters. The van der Waals surface area contributed by atoms with Crippen molar-refractivity contribution in [3.63, 3.8) is 0 Å². The van der Waals surface area contributed by atoms with Crippen LogP contribution in [0.2, 0.25) is 0 Å². The number of rotatable bonds is 4. The molecule has 0 saturated heterocycles. The Balaban J connectivity index is 3.81. The first-order valence-electron chi connectivity index (χ1n) is 4.07. The van der Waals surface area contributed by atoms with Crippen LogP contribution in [0.4, 0.5) is 0 Å². The van der Waals surface area contributed by atoms with Crippen LogP contribution in [0, 0.1) is 11.8 Å². The van der Waals surface area contributed by atoms with Crippen molar-refractivity contribution in [2.75, 3.05) is 0 Å². The minimum atomic E-state index is -0.322. The highest BCUT2D eigenvalue weighted by atomic mass is 16.3. The van der Waals surface area contributed by atoms with E-state index in [-0.39, 0.29) is 6.10 Å². The van der Waals surface area contributed by atoms with Gasteiger partial charge in [0.25, 0.3) is 0 Å². The molecule has 0 heterocycles. The lowest BCUT2D eigenvalue weighted by molar-refractivity contribution is 0.171. The zero-order valence-corrected chi connectivity index (χ0v) is 7.62. The fourth-order valence-electron chi connectivity index (χ4n) is 0.590. The van der Waals surface area contributed by atoms with E-state index in [1.54, 1.807) is 0 Å². The molecule has 1 heteroatoms. The van der Waals surface area contributed by atoms with E-state index in [9.17, 15) is 5.11 Å². The van der Waals surface area contributed by atoms with E-state index < -0.39 is 0 Å². The van der Waals surface area contributed by atoms with E-state index in [1.807, 2.05) is 39.0 Å². The molecule has 0 bridgehead atoms. The molecule has 1 N–H and O–H groups in total. The van der Waals surface area contributed by atoms with Gasteiger partial charge in [-0.25, -0.2) is 0 Å². The molecule has 0 rings (SSSR count). The Bertz CT molecular complexity index is 136. The summed E-state index contributed by atoms with van der Waals surface area (Å²) in [6.07, 6.45) is 5.33. The third-order valence-electron chi connectivity index (χ3n) is 1.67. The quantitative estimate of drug-likeness (QED) is 0.616. The van der Waals surface area contributed by atoms with Crippen LogP contribution >= 0.6 is 0 Å². The van der Waals surface area contributed by atoms with E-state index in [0.29, 0.717) is 11.8 Å². The first-order chi connectivity index (χ1) is 5.07. The summed E-state index contributed by atoms with van der Waals surface area (Å²) in [5, 5.41) is 9.35. The van der Waals surface area contributed by atoms with Gasteiger partial charge in [0.1, 0.15) is 0 Å². The summed E-state index contributed by atoms with van der Waals surface area (Å²) >= 11 is 0. The van der Waals surface area contributed by atoms with Crippen molar-refractivity contribution in [1.82, 2.24) is 0 Å². The van der Waals surface area contributed by atoms with Gasteiger partial charge >= 0.3 is 0 Å². The number of hydrogen-bond acceptors (Lipinski definition) is 1. The Labute approximate surface area is 69.4 Å². The summed E-state index contributed by atoms with van der Waals surface area (Å²) in [6, 6.07) is 0. The average molecular weight is 154 g/mol. The van der Waals surface area contributed by atoms with Crippen LogP contribution in [-0.2, 0) is 0 Å². The predicted octanol–water partition coefficient (Wildman–Crippen LogP) is 2.38. The second-order valence-electron chi connectivity index (χ2n) is 3.21. The molecule has 0 aromatic carbocycles. The molecule has 1 nitrogen and oxygen atoms in total. The van der Waals surface area contributed by atoms with E-state index in [0.717, 1.165) is 0 Å². The molecule has 0 aliphatic heterocycles.